The molecule has 0 unspecified atom stereocenters. The fraction of sp³-hybridized carbons (Fsp3) is 0.350. The van der Waals surface area contributed by atoms with Gasteiger partial charge in [-0.3, -0.25) is 20.2 Å². The van der Waals surface area contributed by atoms with Crippen molar-refractivity contribution >= 4 is 104 Å². The van der Waals surface area contributed by atoms with Crippen LogP contribution in [0.5, 0.6) is 23.0 Å². The number of nitrogens with zero attached hydrogens (tertiary/aromatic N) is 4. The van der Waals surface area contributed by atoms with Gasteiger partial charge in [-0.2, -0.15) is 4.39 Å². The molecule has 0 spiro atoms. The van der Waals surface area contributed by atoms with Gasteiger partial charge in [-0.25, -0.2) is 48.3 Å². The van der Waals surface area contributed by atoms with E-state index in [1.165, 1.54) is 23.0 Å². The number of benzene rings is 4. The molecule has 2 heterocycles. The lowest BCUT2D eigenvalue weighted by molar-refractivity contribution is -0.388. The molecule has 0 aliphatic rings. The number of alkyl halides is 8. The van der Waals surface area contributed by atoms with Gasteiger partial charge < -0.3 is 38.0 Å². The van der Waals surface area contributed by atoms with E-state index >= 15 is 0 Å². The van der Waals surface area contributed by atoms with Crippen molar-refractivity contribution in [2.75, 3.05) is 26.4 Å². The lowest BCUT2D eigenvalue weighted by Crippen LogP contribution is -2.10. The number of aromatic nitrogens is 4. The van der Waals surface area contributed by atoms with Crippen LogP contribution in [0.15, 0.2) is 24.3 Å². The van der Waals surface area contributed by atoms with E-state index in [0.717, 1.165) is 12.1 Å². The molecule has 4 aromatic carbocycles. The Morgan fingerprint density at radius 2 is 0.875 bits per heavy atom. The Bertz CT molecular complexity index is 3030. The van der Waals surface area contributed by atoms with Crippen molar-refractivity contribution in [3.63, 3.8) is 0 Å². The first-order valence-electron chi connectivity index (χ1n) is 19.7. The van der Waals surface area contributed by atoms with E-state index in [0.29, 0.717) is 22.4 Å². The largest absolute Gasteiger partial charge is 0.486 e. The molecule has 2 N–H and O–H groups in total. The standard InChI is InChI=1S/2C10H8ClF3N2OS.2C10H9ClF3NO3/c1-16-9-7(11)5(17-3-6(13)14)2-4(12)8(9)15-10(16)18;1-16-9-7(11)4(12)2-5(17-3-6(13)14)8(9)15-10(16)18;1-2-5-9(11)7(18-4-8(13)14)3-6(12)10(5)15(16)17;1-2-5-9(11)6(12)3-7(10(5)15(16)17)18-4-8(13)14/h2*2,6H,3H2,1H3,(H,15,18);2*3,8H,2,4H2,1H3. The van der Waals surface area contributed by atoms with Crippen LogP contribution in [-0.4, -0.2) is 81.1 Å². The predicted molar refractivity (Wildman–Crippen MR) is 247 cm³/mol. The van der Waals surface area contributed by atoms with Crippen LogP contribution in [0.3, 0.4) is 0 Å². The summed E-state index contributed by atoms with van der Waals surface area (Å²) in [7, 11) is 3.17. The van der Waals surface area contributed by atoms with Gasteiger partial charge in [0.2, 0.25) is 11.6 Å². The topological polar surface area (TPSA) is 165 Å². The molecule has 0 bridgehead atoms. The summed E-state index contributed by atoms with van der Waals surface area (Å²) in [4.78, 5) is 25.2. The fourth-order valence-corrected chi connectivity index (χ4v) is 7.61. The second kappa shape index (κ2) is 27.0. The zero-order valence-corrected chi connectivity index (χ0v) is 41.4. The third-order valence-corrected chi connectivity index (χ3v) is 11.4. The average Bonchev–Trinajstić information content (AvgIpc) is 3.78. The van der Waals surface area contributed by atoms with E-state index in [4.69, 9.17) is 80.3 Å². The lowest BCUT2D eigenvalue weighted by atomic mass is 10.1. The average molecular weight is 1160 g/mol. The highest BCUT2D eigenvalue weighted by molar-refractivity contribution is 7.71. The number of imidazole rings is 2. The number of nitro benzene ring substituents is 2. The van der Waals surface area contributed by atoms with E-state index in [2.05, 4.69) is 19.4 Å². The van der Waals surface area contributed by atoms with Crippen LogP contribution in [0.1, 0.15) is 25.0 Å². The molecule has 0 saturated carbocycles. The Labute approximate surface area is 427 Å². The van der Waals surface area contributed by atoms with Gasteiger partial charge in [0.1, 0.15) is 76.4 Å². The number of aromatic amines is 2. The molecule has 0 radical (unpaired) electrons. The number of rotatable bonds is 16. The second-order valence-electron chi connectivity index (χ2n) is 13.8. The van der Waals surface area contributed by atoms with Crippen molar-refractivity contribution in [3.05, 3.63) is 109 Å². The zero-order chi connectivity index (χ0) is 54.6. The van der Waals surface area contributed by atoms with Gasteiger partial charge in [-0.05, 0) is 37.3 Å². The molecule has 0 amide bonds. The number of H-pyrrole nitrogens is 2. The predicted octanol–water partition coefficient (Wildman–Crippen LogP) is 14.5. The Morgan fingerprint density at radius 3 is 1.32 bits per heavy atom. The number of aryl methyl sites for hydroxylation is 2. The van der Waals surface area contributed by atoms with Gasteiger partial charge in [-0.15, -0.1) is 0 Å². The molecular weight excluding hydrogens is 1130 g/mol. The maximum Gasteiger partial charge on any atom is 0.315 e. The molecule has 14 nitrogen and oxygen atoms in total. The minimum Gasteiger partial charge on any atom is -0.486 e. The van der Waals surface area contributed by atoms with Crippen LogP contribution in [0.2, 0.25) is 20.1 Å². The number of ether oxygens (including phenoxy) is 4. The highest BCUT2D eigenvalue weighted by Gasteiger charge is 2.28. The van der Waals surface area contributed by atoms with Crippen molar-refractivity contribution in [3.8, 4) is 23.0 Å². The first kappa shape index (κ1) is 60.9. The summed E-state index contributed by atoms with van der Waals surface area (Å²) in [6.45, 7) is -0.620. The van der Waals surface area contributed by atoms with Crippen molar-refractivity contribution in [1.29, 1.82) is 0 Å². The van der Waals surface area contributed by atoms with Gasteiger partial charge in [0.05, 0.1) is 42.1 Å². The van der Waals surface area contributed by atoms with Crippen LogP contribution in [0.25, 0.3) is 22.1 Å². The van der Waals surface area contributed by atoms with Gasteiger partial charge in [0.15, 0.2) is 15.4 Å². The molecule has 0 aliphatic heterocycles. The molecule has 72 heavy (non-hydrogen) atoms. The van der Waals surface area contributed by atoms with E-state index < -0.39 is 107 Å². The fourth-order valence-electron chi connectivity index (χ4n) is 6.01. The van der Waals surface area contributed by atoms with E-state index in [1.807, 2.05) is 0 Å². The summed E-state index contributed by atoms with van der Waals surface area (Å²) in [5.41, 5.74) is -0.503. The SMILES string of the molecule is CCc1c(Cl)c(F)cc(OCC(F)F)c1[N+](=O)[O-].CCc1c(Cl)c(OCC(F)F)cc(F)c1[N+](=O)[O-].Cn1c(=S)[nH]c2c(F)cc(OCC(F)F)c(Cl)c21.Cn1c(=S)[nH]c2c(OCC(F)F)cc(F)c(Cl)c21. The van der Waals surface area contributed by atoms with Crippen LogP contribution in [0.4, 0.5) is 64.1 Å². The highest BCUT2D eigenvalue weighted by Crippen LogP contribution is 2.40. The monoisotopic (exact) mass is 1160 g/mol. The molecule has 6 aromatic rings. The number of hydrogen-bond donors (Lipinski definition) is 2. The minimum absolute atomic E-state index is 0.0427. The van der Waals surface area contributed by atoms with E-state index in [-0.39, 0.29) is 77.6 Å². The Balaban J connectivity index is 0.000000254. The van der Waals surface area contributed by atoms with Gasteiger partial charge in [0, 0.05) is 38.4 Å². The van der Waals surface area contributed by atoms with Crippen LogP contribution in [0, 0.1) is 53.0 Å². The molecule has 0 atom stereocenters. The number of nitro groups is 2. The molecule has 32 heteroatoms. The molecule has 396 valence electrons. The summed E-state index contributed by atoms with van der Waals surface area (Å²) >= 11 is 33.1. The smallest absolute Gasteiger partial charge is 0.315 e. The Hall–Kier alpha value is -5.42. The second-order valence-corrected chi connectivity index (χ2v) is 16.1. The molecule has 2 aromatic heterocycles. The molecule has 0 aliphatic carbocycles. The number of hydrogen-bond acceptors (Lipinski definition) is 10. The summed E-state index contributed by atoms with van der Waals surface area (Å²) in [6, 6.07) is 3.20. The van der Waals surface area contributed by atoms with Gasteiger partial charge >= 0.3 is 11.4 Å². The van der Waals surface area contributed by atoms with Gasteiger partial charge in [0.25, 0.3) is 25.7 Å². The molecule has 0 fully saturated rings. The van der Waals surface area contributed by atoms with Crippen molar-refractivity contribution in [2.24, 2.45) is 14.1 Å². The van der Waals surface area contributed by atoms with E-state index in [1.54, 1.807) is 14.1 Å². The summed E-state index contributed by atoms with van der Waals surface area (Å²) < 4.78 is 173. The Kier molecular flexibility index (Phi) is 22.9. The van der Waals surface area contributed by atoms with Crippen LogP contribution >= 0.6 is 70.8 Å². The Morgan fingerprint density at radius 1 is 0.528 bits per heavy atom. The maximum absolute atomic E-state index is 13.7. The van der Waals surface area contributed by atoms with Gasteiger partial charge in [-0.1, -0.05) is 60.3 Å². The normalized spacial score (nSPS) is 11.1. The lowest BCUT2D eigenvalue weighted by Gasteiger charge is -2.11. The third-order valence-electron chi connectivity index (χ3n) is 9.09. The summed E-state index contributed by atoms with van der Waals surface area (Å²) in [5, 5.41) is 20.8. The first-order valence-corrected chi connectivity index (χ1v) is 22.0. The number of halogens is 16. The van der Waals surface area contributed by atoms with Crippen LogP contribution < -0.4 is 18.9 Å². The zero-order valence-electron chi connectivity index (χ0n) is 36.8. The summed E-state index contributed by atoms with van der Waals surface area (Å²) in [5.74, 6) is -4.56. The minimum atomic E-state index is -2.81. The van der Waals surface area contributed by atoms with Crippen LogP contribution in [-0.2, 0) is 26.9 Å². The quantitative estimate of drug-likeness (QED) is 0.0412. The van der Waals surface area contributed by atoms with Crippen molar-refractivity contribution < 1.29 is 81.5 Å². The van der Waals surface area contributed by atoms with E-state index in [9.17, 15) is 72.9 Å². The first-order chi connectivity index (χ1) is 33.6. The molecular formula is C40H34Cl4F12N6O8S2. The third kappa shape index (κ3) is 15.3. The number of nitrogens with one attached hydrogen (secondary N) is 2. The number of fused-ring (bicyclic) bond motifs is 2. The summed E-state index contributed by atoms with van der Waals surface area (Å²) in [6.07, 6.45) is -10.7. The van der Waals surface area contributed by atoms with Crippen molar-refractivity contribution in [1.82, 2.24) is 19.1 Å². The molecule has 0 saturated heterocycles. The molecule has 6 rings (SSSR count). The van der Waals surface area contributed by atoms with Crippen molar-refractivity contribution in [2.45, 2.75) is 52.4 Å². The highest BCUT2D eigenvalue weighted by atomic mass is 35.5. The maximum atomic E-state index is 13.7.